The highest BCUT2D eigenvalue weighted by molar-refractivity contribution is 5.91. The number of esters is 1. The Labute approximate surface area is 215 Å². The van der Waals surface area contributed by atoms with E-state index in [-0.39, 0.29) is 11.3 Å². The van der Waals surface area contributed by atoms with Gasteiger partial charge in [-0.05, 0) is 61.1 Å². The summed E-state index contributed by atoms with van der Waals surface area (Å²) in [6.07, 6.45) is 17.6. The van der Waals surface area contributed by atoms with Gasteiger partial charge < -0.3 is 9.47 Å². The first-order chi connectivity index (χ1) is 17.6. The average Bonchev–Trinajstić information content (AvgIpc) is 2.90. The molecule has 1 aliphatic carbocycles. The van der Waals surface area contributed by atoms with Crippen LogP contribution in [0.3, 0.4) is 0 Å². The van der Waals surface area contributed by atoms with Gasteiger partial charge >= 0.3 is 5.97 Å². The number of hydrogen-bond acceptors (Lipinski definition) is 4. The lowest BCUT2D eigenvalue weighted by Gasteiger charge is -2.28. The van der Waals surface area contributed by atoms with Crippen molar-refractivity contribution in [2.24, 2.45) is 11.8 Å². The molecule has 0 aromatic heterocycles. The summed E-state index contributed by atoms with van der Waals surface area (Å²) in [5.74, 6) is 1.26. The molecule has 36 heavy (non-hydrogen) atoms. The van der Waals surface area contributed by atoms with E-state index in [1.807, 2.05) is 0 Å². The highest BCUT2D eigenvalue weighted by atomic mass is 19.1. The van der Waals surface area contributed by atoms with Crippen molar-refractivity contribution in [3.63, 3.8) is 0 Å². The topological polar surface area (TPSA) is 59.3 Å². The molecule has 0 spiro atoms. The molecular formula is C31H40FNO3. The molecule has 3 rings (SSSR count). The van der Waals surface area contributed by atoms with Crippen LogP contribution in [0.1, 0.15) is 106 Å². The quantitative estimate of drug-likeness (QED) is 0.150. The summed E-state index contributed by atoms with van der Waals surface area (Å²) in [6.45, 7) is 2.95. The van der Waals surface area contributed by atoms with Crippen LogP contribution in [0, 0.1) is 29.0 Å². The Bertz CT molecular complexity index is 974. The lowest BCUT2D eigenvalue weighted by molar-refractivity contribution is 0.0734. The summed E-state index contributed by atoms with van der Waals surface area (Å²) in [5.41, 5.74) is 0.261. The number of carbonyl (C=O) groups excluding carboxylic acids is 1. The molecular weight excluding hydrogens is 453 g/mol. The molecule has 0 heterocycles. The summed E-state index contributed by atoms with van der Waals surface area (Å²) in [6, 6.07) is 12.3. The molecule has 5 heteroatoms. The summed E-state index contributed by atoms with van der Waals surface area (Å²) in [5, 5.41) is 8.79. The maximum absolute atomic E-state index is 13.7. The molecule has 0 radical (unpaired) electrons. The second-order valence-electron chi connectivity index (χ2n) is 10.1. The van der Waals surface area contributed by atoms with Gasteiger partial charge in [0.05, 0.1) is 17.7 Å². The third-order valence-corrected chi connectivity index (χ3v) is 7.32. The molecule has 1 fully saturated rings. The van der Waals surface area contributed by atoms with Gasteiger partial charge in [-0.3, -0.25) is 0 Å². The number of nitriles is 1. The van der Waals surface area contributed by atoms with Crippen molar-refractivity contribution in [1.29, 1.82) is 5.26 Å². The van der Waals surface area contributed by atoms with Crippen LogP contribution in [0.4, 0.5) is 4.39 Å². The van der Waals surface area contributed by atoms with Crippen molar-refractivity contribution in [2.75, 3.05) is 6.61 Å². The normalized spacial score (nSPS) is 17.4. The van der Waals surface area contributed by atoms with E-state index in [9.17, 15) is 9.18 Å². The zero-order valence-electron chi connectivity index (χ0n) is 21.6. The highest BCUT2D eigenvalue weighted by Gasteiger charge is 2.20. The zero-order chi connectivity index (χ0) is 25.6. The van der Waals surface area contributed by atoms with Gasteiger partial charge in [0.2, 0.25) is 0 Å². The van der Waals surface area contributed by atoms with Crippen molar-refractivity contribution >= 4 is 5.97 Å². The van der Waals surface area contributed by atoms with E-state index in [0.29, 0.717) is 12.2 Å². The fourth-order valence-electron chi connectivity index (χ4n) is 5.09. The van der Waals surface area contributed by atoms with Crippen molar-refractivity contribution in [3.8, 4) is 17.6 Å². The second kappa shape index (κ2) is 15.3. The predicted molar refractivity (Wildman–Crippen MR) is 141 cm³/mol. The van der Waals surface area contributed by atoms with Crippen LogP contribution in [0.15, 0.2) is 42.5 Å². The number of unbranched alkanes of at least 4 members (excludes halogenated alkanes) is 5. The Morgan fingerprint density at radius 2 is 1.50 bits per heavy atom. The number of carbonyl (C=O) groups is 1. The van der Waals surface area contributed by atoms with Gasteiger partial charge in [-0.15, -0.1) is 0 Å². The van der Waals surface area contributed by atoms with Gasteiger partial charge in [-0.25, -0.2) is 9.18 Å². The van der Waals surface area contributed by atoms with Crippen LogP contribution in [-0.2, 0) is 0 Å². The molecule has 0 atom stereocenters. The van der Waals surface area contributed by atoms with E-state index in [1.165, 1.54) is 89.2 Å². The highest BCUT2D eigenvalue weighted by Crippen LogP contribution is 2.34. The fourth-order valence-corrected chi connectivity index (χ4v) is 5.09. The molecule has 1 saturated carbocycles. The Hall–Kier alpha value is -2.87. The number of benzene rings is 2. The minimum absolute atomic E-state index is 0.0632. The number of hydrogen-bond donors (Lipinski definition) is 0. The van der Waals surface area contributed by atoms with Crippen molar-refractivity contribution in [3.05, 3.63) is 59.4 Å². The molecule has 194 valence electrons. The Kier molecular flexibility index (Phi) is 11.8. The summed E-state index contributed by atoms with van der Waals surface area (Å²) >= 11 is 0. The smallest absolute Gasteiger partial charge is 0.343 e. The van der Waals surface area contributed by atoms with Crippen LogP contribution >= 0.6 is 0 Å². The SMILES string of the molecule is CCCCCCCCC1CCC(CCCOc2ccc(C(=O)Oc3ccc(C#N)c(F)c3)cc2)CC1. The fraction of sp³-hybridized carbons (Fsp3) is 0.548. The maximum atomic E-state index is 13.7. The van der Waals surface area contributed by atoms with Gasteiger partial charge in [0.1, 0.15) is 23.4 Å². The third kappa shape index (κ3) is 9.30. The van der Waals surface area contributed by atoms with Crippen LogP contribution in [0.5, 0.6) is 11.5 Å². The minimum Gasteiger partial charge on any atom is -0.494 e. The molecule has 0 N–H and O–H groups in total. The molecule has 2 aromatic carbocycles. The summed E-state index contributed by atoms with van der Waals surface area (Å²) in [7, 11) is 0. The van der Waals surface area contributed by atoms with Gasteiger partial charge in [0.15, 0.2) is 0 Å². The lowest BCUT2D eigenvalue weighted by Crippen LogP contribution is -2.15. The second-order valence-corrected chi connectivity index (χ2v) is 10.1. The van der Waals surface area contributed by atoms with Crippen LogP contribution in [0.2, 0.25) is 0 Å². The molecule has 0 amide bonds. The first-order valence-corrected chi connectivity index (χ1v) is 13.7. The van der Waals surface area contributed by atoms with Crippen LogP contribution < -0.4 is 9.47 Å². The number of ether oxygens (including phenoxy) is 2. The molecule has 0 bridgehead atoms. The molecule has 2 aromatic rings. The van der Waals surface area contributed by atoms with Gasteiger partial charge in [-0.2, -0.15) is 5.26 Å². The first kappa shape index (κ1) is 27.7. The largest absolute Gasteiger partial charge is 0.494 e. The lowest BCUT2D eigenvalue weighted by atomic mass is 9.78. The molecule has 0 saturated heterocycles. The monoisotopic (exact) mass is 493 g/mol. The number of rotatable bonds is 14. The van der Waals surface area contributed by atoms with E-state index in [2.05, 4.69) is 6.92 Å². The first-order valence-electron chi connectivity index (χ1n) is 13.7. The van der Waals surface area contributed by atoms with E-state index < -0.39 is 11.8 Å². The molecule has 0 aliphatic heterocycles. The summed E-state index contributed by atoms with van der Waals surface area (Å²) < 4.78 is 24.8. The Balaban J connectivity index is 1.28. The van der Waals surface area contributed by atoms with Gasteiger partial charge in [0.25, 0.3) is 0 Å². The standard InChI is InChI=1S/C31H40FNO3/c1-2-3-4-5-6-7-9-24-11-13-25(14-12-24)10-8-21-35-28-18-15-26(16-19-28)31(34)36-29-20-17-27(23-33)30(32)22-29/h15-20,22,24-25H,2-14,21H2,1H3. The van der Waals surface area contributed by atoms with E-state index in [1.54, 1.807) is 30.3 Å². The Morgan fingerprint density at radius 3 is 2.14 bits per heavy atom. The molecule has 1 aliphatic rings. The number of nitrogens with zero attached hydrogens (tertiary/aromatic N) is 1. The van der Waals surface area contributed by atoms with Crippen LogP contribution in [0.25, 0.3) is 0 Å². The number of halogens is 1. The molecule has 4 nitrogen and oxygen atoms in total. The van der Waals surface area contributed by atoms with Crippen LogP contribution in [-0.4, -0.2) is 12.6 Å². The predicted octanol–water partition coefficient (Wildman–Crippen LogP) is 8.63. The van der Waals surface area contributed by atoms with Crippen molar-refractivity contribution < 1.29 is 18.7 Å². The average molecular weight is 494 g/mol. The Morgan fingerprint density at radius 1 is 0.889 bits per heavy atom. The summed E-state index contributed by atoms with van der Waals surface area (Å²) in [4.78, 5) is 12.3. The maximum Gasteiger partial charge on any atom is 0.343 e. The van der Waals surface area contributed by atoms with Crippen molar-refractivity contribution in [1.82, 2.24) is 0 Å². The van der Waals surface area contributed by atoms with Gasteiger partial charge in [-0.1, -0.05) is 77.6 Å². The van der Waals surface area contributed by atoms with E-state index >= 15 is 0 Å². The zero-order valence-corrected chi connectivity index (χ0v) is 21.6. The minimum atomic E-state index is -0.715. The van der Waals surface area contributed by atoms with E-state index in [0.717, 1.165) is 30.1 Å². The third-order valence-electron chi connectivity index (χ3n) is 7.32. The molecule has 0 unspecified atom stereocenters. The van der Waals surface area contributed by atoms with E-state index in [4.69, 9.17) is 14.7 Å². The van der Waals surface area contributed by atoms with Gasteiger partial charge in [0, 0.05) is 6.07 Å². The van der Waals surface area contributed by atoms with Crippen molar-refractivity contribution in [2.45, 2.75) is 90.4 Å².